The first kappa shape index (κ1) is 18.3. The summed E-state index contributed by atoms with van der Waals surface area (Å²) in [7, 11) is 1.63. The molecule has 4 rings (SSSR count). The van der Waals surface area contributed by atoms with Gasteiger partial charge in [-0.1, -0.05) is 30.3 Å². The minimum Gasteiger partial charge on any atom is -0.497 e. The Morgan fingerprint density at radius 1 is 1.14 bits per heavy atom. The highest BCUT2D eigenvalue weighted by atomic mass is 32.1. The first-order valence-electron chi connectivity index (χ1n) is 9.00. The number of nitrogens with one attached hydrogen (secondary N) is 2. The molecule has 0 saturated carbocycles. The second kappa shape index (κ2) is 7.48. The summed E-state index contributed by atoms with van der Waals surface area (Å²) in [5.41, 5.74) is 3.71. The maximum Gasteiger partial charge on any atom is 0.266 e. The van der Waals surface area contributed by atoms with Crippen molar-refractivity contribution in [2.24, 2.45) is 0 Å². The van der Waals surface area contributed by atoms with Gasteiger partial charge in [0, 0.05) is 18.0 Å². The van der Waals surface area contributed by atoms with Crippen LogP contribution in [0.2, 0.25) is 0 Å². The van der Waals surface area contributed by atoms with Crippen LogP contribution in [-0.4, -0.2) is 18.9 Å². The predicted octanol–water partition coefficient (Wildman–Crippen LogP) is 4.79. The van der Waals surface area contributed by atoms with Gasteiger partial charge >= 0.3 is 0 Å². The van der Waals surface area contributed by atoms with E-state index in [9.17, 15) is 9.59 Å². The van der Waals surface area contributed by atoms with Crippen molar-refractivity contribution in [1.82, 2.24) is 0 Å². The highest BCUT2D eigenvalue weighted by molar-refractivity contribution is 7.18. The molecular formula is C22H20N2O3S. The monoisotopic (exact) mass is 392 g/mol. The summed E-state index contributed by atoms with van der Waals surface area (Å²) >= 11 is 1.33. The molecule has 0 spiro atoms. The maximum atomic E-state index is 12.8. The smallest absolute Gasteiger partial charge is 0.266 e. The molecule has 1 atom stereocenters. The SMILES string of the molecule is COc1ccc([C@H]2CC(=O)Nc3sc(C(=O)Nc4ccccc4)c(C)c32)cc1. The van der Waals surface area contributed by atoms with Crippen molar-refractivity contribution in [3.05, 3.63) is 76.2 Å². The number of anilines is 2. The van der Waals surface area contributed by atoms with Crippen LogP contribution >= 0.6 is 11.3 Å². The van der Waals surface area contributed by atoms with Crippen molar-refractivity contribution in [3.8, 4) is 5.75 Å². The second-order valence-corrected chi connectivity index (χ2v) is 7.72. The summed E-state index contributed by atoms with van der Waals surface area (Å²) in [4.78, 5) is 25.7. The molecule has 1 aliphatic rings. The number of carbonyl (C=O) groups excluding carboxylic acids is 2. The van der Waals surface area contributed by atoms with Crippen molar-refractivity contribution in [3.63, 3.8) is 0 Å². The molecule has 2 N–H and O–H groups in total. The minimum atomic E-state index is -0.161. The average molecular weight is 392 g/mol. The standard InChI is InChI=1S/C22H20N2O3S/c1-13-19-17(14-8-10-16(27-2)11-9-14)12-18(25)24-22(19)28-20(13)21(26)23-15-6-4-3-5-7-15/h3-11,17H,12H2,1-2H3,(H,23,26)(H,24,25)/t17-/m1/s1. The van der Waals surface area contributed by atoms with Gasteiger partial charge in [-0.15, -0.1) is 11.3 Å². The molecule has 2 amide bonds. The number of fused-ring (bicyclic) bond motifs is 1. The normalized spacial score (nSPS) is 15.5. The molecule has 0 radical (unpaired) electrons. The van der Waals surface area contributed by atoms with E-state index in [2.05, 4.69) is 10.6 Å². The zero-order valence-corrected chi connectivity index (χ0v) is 16.4. The fourth-order valence-electron chi connectivity index (χ4n) is 3.55. The Bertz CT molecular complexity index is 1030. The summed E-state index contributed by atoms with van der Waals surface area (Å²) in [5.74, 6) is 0.494. The quantitative estimate of drug-likeness (QED) is 0.671. The van der Waals surface area contributed by atoms with Crippen LogP contribution in [0.3, 0.4) is 0 Å². The highest BCUT2D eigenvalue weighted by Gasteiger charge is 2.32. The summed E-state index contributed by atoms with van der Waals surface area (Å²) in [6.45, 7) is 1.95. The van der Waals surface area contributed by atoms with Gasteiger partial charge in [0.1, 0.15) is 5.75 Å². The van der Waals surface area contributed by atoms with Crippen molar-refractivity contribution in [2.75, 3.05) is 17.7 Å². The number of amides is 2. The first-order chi connectivity index (χ1) is 13.6. The molecule has 0 bridgehead atoms. The van der Waals surface area contributed by atoms with Crippen molar-refractivity contribution >= 4 is 33.8 Å². The largest absolute Gasteiger partial charge is 0.497 e. The molecule has 28 heavy (non-hydrogen) atoms. The van der Waals surface area contributed by atoms with Gasteiger partial charge in [-0.2, -0.15) is 0 Å². The van der Waals surface area contributed by atoms with Gasteiger partial charge in [-0.25, -0.2) is 0 Å². The first-order valence-corrected chi connectivity index (χ1v) is 9.82. The van der Waals surface area contributed by atoms with E-state index in [4.69, 9.17) is 4.74 Å². The number of ether oxygens (including phenoxy) is 1. The molecular weight excluding hydrogens is 372 g/mol. The summed E-state index contributed by atoms with van der Waals surface area (Å²) < 4.78 is 5.23. The van der Waals surface area contributed by atoms with E-state index in [-0.39, 0.29) is 17.7 Å². The molecule has 6 heteroatoms. The lowest BCUT2D eigenvalue weighted by Gasteiger charge is -2.24. The molecule has 0 fully saturated rings. The Labute approximate surface area is 167 Å². The Morgan fingerprint density at radius 3 is 2.54 bits per heavy atom. The molecule has 1 aromatic heterocycles. The zero-order chi connectivity index (χ0) is 19.7. The third kappa shape index (κ3) is 3.39. The molecule has 3 aromatic rings. The number of benzene rings is 2. The lowest BCUT2D eigenvalue weighted by Crippen LogP contribution is -2.22. The number of thiophene rings is 1. The van der Waals surface area contributed by atoms with Gasteiger partial charge in [-0.05, 0) is 47.9 Å². The van der Waals surface area contributed by atoms with Crippen LogP contribution in [0.4, 0.5) is 10.7 Å². The summed E-state index contributed by atoms with van der Waals surface area (Å²) in [6.07, 6.45) is 0.358. The molecule has 2 heterocycles. The Hall–Kier alpha value is -3.12. The van der Waals surface area contributed by atoms with E-state index in [0.29, 0.717) is 11.3 Å². The van der Waals surface area contributed by atoms with Gasteiger partial charge in [-0.3, -0.25) is 9.59 Å². The molecule has 1 aliphatic heterocycles. The molecule has 0 saturated heterocycles. The summed E-state index contributed by atoms with van der Waals surface area (Å²) in [5, 5.41) is 6.63. The van der Waals surface area contributed by atoms with E-state index in [1.165, 1.54) is 11.3 Å². The minimum absolute atomic E-state index is 0.0374. The number of para-hydroxylation sites is 1. The lowest BCUT2D eigenvalue weighted by molar-refractivity contribution is -0.116. The fraction of sp³-hybridized carbons (Fsp3) is 0.182. The van der Waals surface area contributed by atoms with Crippen molar-refractivity contribution in [1.29, 1.82) is 0 Å². The Balaban J connectivity index is 1.70. The van der Waals surface area contributed by atoms with Crippen LogP contribution in [0.15, 0.2) is 54.6 Å². The van der Waals surface area contributed by atoms with Gasteiger partial charge in [0.15, 0.2) is 0 Å². The molecule has 5 nitrogen and oxygen atoms in total. The predicted molar refractivity (Wildman–Crippen MR) is 112 cm³/mol. The van der Waals surface area contributed by atoms with Crippen LogP contribution < -0.4 is 15.4 Å². The van der Waals surface area contributed by atoms with Crippen molar-refractivity contribution < 1.29 is 14.3 Å². The third-order valence-corrected chi connectivity index (χ3v) is 6.16. The second-order valence-electron chi connectivity index (χ2n) is 6.70. The highest BCUT2D eigenvalue weighted by Crippen LogP contribution is 2.45. The topological polar surface area (TPSA) is 67.4 Å². The third-order valence-electron chi connectivity index (χ3n) is 4.94. The van der Waals surface area contributed by atoms with E-state index in [0.717, 1.165) is 33.1 Å². The number of hydrogen-bond acceptors (Lipinski definition) is 4. The van der Waals surface area contributed by atoms with Gasteiger partial charge < -0.3 is 15.4 Å². The number of carbonyl (C=O) groups is 2. The summed E-state index contributed by atoms with van der Waals surface area (Å²) in [6, 6.07) is 17.1. The van der Waals surface area contributed by atoms with Gasteiger partial charge in [0.05, 0.1) is 17.0 Å². The molecule has 142 valence electrons. The zero-order valence-electron chi connectivity index (χ0n) is 15.6. The Morgan fingerprint density at radius 2 is 1.86 bits per heavy atom. The van der Waals surface area contributed by atoms with Crippen LogP contribution in [0.25, 0.3) is 0 Å². The Kier molecular flexibility index (Phi) is 4.88. The van der Waals surface area contributed by atoms with Crippen LogP contribution in [-0.2, 0) is 4.79 Å². The van der Waals surface area contributed by atoms with E-state index >= 15 is 0 Å². The van der Waals surface area contributed by atoms with Crippen LogP contribution in [0.5, 0.6) is 5.75 Å². The molecule has 0 unspecified atom stereocenters. The van der Waals surface area contributed by atoms with Gasteiger partial charge in [0.25, 0.3) is 5.91 Å². The van der Waals surface area contributed by atoms with E-state index < -0.39 is 0 Å². The molecule has 0 aliphatic carbocycles. The van der Waals surface area contributed by atoms with E-state index in [1.807, 2.05) is 61.5 Å². The number of methoxy groups -OCH3 is 1. The van der Waals surface area contributed by atoms with E-state index in [1.54, 1.807) is 7.11 Å². The fourth-order valence-corrected chi connectivity index (χ4v) is 4.73. The van der Waals surface area contributed by atoms with Crippen LogP contribution in [0.1, 0.15) is 38.7 Å². The van der Waals surface area contributed by atoms with Gasteiger partial charge in [0.2, 0.25) is 5.91 Å². The maximum absolute atomic E-state index is 12.8. The lowest BCUT2D eigenvalue weighted by atomic mass is 9.85. The van der Waals surface area contributed by atoms with Crippen LogP contribution in [0, 0.1) is 6.92 Å². The number of rotatable bonds is 4. The molecule has 2 aromatic carbocycles. The average Bonchev–Trinajstić information content (AvgIpc) is 3.04. The number of hydrogen-bond donors (Lipinski definition) is 2. The van der Waals surface area contributed by atoms with Crippen molar-refractivity contribution in [2.45, 2.75) is 19.3 Å².